The molecule has 1 N–H and O–H groups in total. The number of halogens is 1. The Morgan fingerprint density at radius 3 is 2.96 bits per heavy atom. The third-order valence-corrected chi connectivity index (χ3v) is 5.80. The molecule has 2 aromatic rings. The van der Waals surface area contributed by atoms with Crippen molar-refractivity contribution in [3.05, 3.63) is 52.0 Å². The summed E-state index contributed by atoms with van der Waals surface area (Å²) in [6.07, 6.45) is 1.78. The molecule has 0 radical (unpaired) electrons. The zero-order valence-corrected chi connectivity index (χ0v) is 16.2. The fourth-order valence-electron chi connectivity index (χ4n) is 3.90. The SMILES string of the molecule is O=C1c2ccccc2NC(c2cc(Br)c3c(c2)OCO3)N1CC1CCCO1. The largest absolute Gasteiger partial charge is 0.454 e. The summed E-state index contributed by atoms with van der Waals surface area (Å²) in [5, 5.41) is 3.52. The highest BCUT2D eigenvalue weighted by atomic mass is 79.9. The Labute approximate surface area is 165 Å². The molecule has 0 aromatic heterocycles. The van der Waals surface area contributed by atoms with Crippen LogP contribution in [0.2, 0.25) is 0 Å². The number of benzene rings is 2. The monoisotopic (exact) mass is 430 g/mol. The van der Waals surface area contributed by atoms with Gasteiger partial charge in [-0.25, -0.2) is 0 Å². The Morgan fingerprint density at radius 1 is 1.22 bits per heavy atom. The molecule has 7 heteroatoms. The van der Waals surface area contributed by atoms with Crippen molar-refractivity contribution in [1.82, 2.24) is 4.90 Å². The van der Waals surface area contributed by atoms with Crippen LogP contribution in [0.3, 0.4) is 0 Å². The van der Waals surface area contributed by atoms with Gasteiger partial charge in [0, 0.05) is 18.8 Å². The molecule has 0 bridgehead atoms. The summed E-state index contributed by atoms with van der Waals surface area (Å²) in [7, 11) is 0. The summed E-state index contributed by atoms with van der Waals surface area (Å²) >= 11 is 3.56. The number of para-hydroxylation sites is 1. The maximum absolute atomic E-state index is 13.3. The van der Waals surface area contributed by atoms with Gasteiger partial charge in [0.2, 0.25) is 6.79 Å². The van der Waals surface area contributed by atoms with Gasteiger partial charge < -0.3 is 24.4 Å². The van der Waals surface area contributed by atoms with Crippen LogP contribution in [-0.4, -0.2) is 36.9 Å². The van der Waals surface area contributed by atoms with Gasteiger partial charge in [-0.15, -0.1) is 0 Å². The van der Waals surface area contributed by atoms with Crippen molar-refractivity contribution in [3.8, 4) is 11.5 Å². The molecule has 1 fully saturated rings. The lowest BCUT2D eigenvalue weighted by atomic mass is 10.0. The van der Waals surface area contributed by atoms with Crippen LogP contribution in [0.15, 0.2) is 40.9 Å². The second-order valence-electron chi connectivity index (χ2n) is 6.92. The van der Waals surface area contributed by atoms with Gasteiger partial charge in [0.25, 0.3) is 5.91 Å². The summed E-state index contributed by atoms with van der Waals surface area (Å²) in [6, 6.07) is 11.5. The number of hydrogen-bond acceptors (Lipinski definition) is 5. The minimum atomic E-state index is -0.303. The standard InChI is InChI=1S/C20H19BrN2O4/c21-15-8-12(9-17-18(15)27-11-26-17)19-22-16-6-2-1-5-14(16)20(24)23(19)10-13-4-3-7-25-13/h1-2,5-6,8-9,13,19,22H,3-4,7,10-11H2. The number of nitrogens with zero attached hydrogens (tertiary/aromatic N) is 1. The van der Waals surface area contributed by atoms with Crippen LogP contribution in [0.25, 0.3) is 0 Å². The van der Waals surface area contributed by atoms with Crippen molar-refractivity contribution in [3.63, 3.8) is 0 Å². The summed E-state index contributed by atoms with van der Waals surface area (Å²) in [6.45, 7) is 1.52. The van der Waals surface area contributed by atoms with Crippen molar-refractivity contribution in [2.75, 3.05) is 25.3 Å². The fraction of sp³-hybridized carbons (Fsp3) is 0.350. The van der Waals surface area contributed by atoms with E-state index in [0.29, 0.717) is 23.6 Å². The Morgan fingerprint density at radius 2 is 2.11 bits per heavy atom. The van der Waals surface area contributed by atoms with E-state index in [4.69, 9.17) is 14.2 Å². The van der Waals surface area contributed by atoms with E-state index in [1.807, 2.05) is 41.3 Å². The molecule has 2 aromatic carbocycles. The van der Waals surface area contributed by atoms with E-state index in [1.165, 1.54) is 0 Å². The van der Waals surface area contributed by atoms with Gasteiger partial charge in [0.15, 0.2) is 11.5 Å². The molecule has 27 heavy (non-hydrogen) atoms. The Bertz CT molecular complexity index is 898. The minimum Gasteiger partial charge on any atom is -0.454 e. The van der Waals surface area contributed by atoms with E-state index in [-0.39, 0.29) is 25.0 Å². The quantitative estimate of drug-likeness (QED) is 0.799. The average molecular weight is 431 g/mol. The number of ether oxygens (including phenoxy) is 3. The van der Waals surface area contributed by atoms with Gasteiger partial charge in [-0.3, -0.25) is 4.79 Å². The number of carbonyl (C=O) groups excluding carboxylic acids is 1. The van der Waals surface area contributed by atoms with Crippen LogP contribution in [0.4, 0.5) is 5.69 Å². The second-order valence-corrected chi connectivity index (χ2v) is 7.78. The first-order chi connectivity index (χ1) is 13.2. The van der Waals surface area contributed by atoms with E-state index in [2.05, 4.69) is 21.2 Å². The maximum Gasteiger partial charge on any atom is 0.257 e. The predicted octanol–water partition coefficient (Wildman–Crippen LogP) is 3.92. The average Bonchev–Trinajstić information content (AvgIpc) is 3.35. The molecule has 3 aliphatic rings. The number of amides is 1. The van der Waals surface area contributed by atoms with Gasteiger partial charge >= 0.3 is 0 Å². The molecule has 2 unspecified atom stereocenters. The van der Waals surface area contributed by atoms with E-state index in [1.54, 1.807) is 0 Å². The van der Waals surface area contributed by atoms with Crippen molar-refractivity contribution in [2.45, 2.75) is 25.1 Å². The Balaban J connectivity index is 1.55. The molecule has 0 spiro atoms. The molecule has 3 aliphatic heterocycles. The zero-order chi connectivity index (χ0) is 18.4. The third kappa shape index (κ3) is 2.95. The van der Waals surface area contributed by atoms with E-state index in [9.17, 15) is 4.79 Å². The molecular weight excluding hydrogens is 412 g/mol. The topological polar surface area (TPSA) is 60.0 Å². The number of fused-ring (bicyclic) bond motifs is 2. The molecule has 1 saturated heterocycles. The van der Waals surface area contributed by atoms with Crippen LogP contribution in [0.1, 0.15) is 34.9 Å². The molecule has 6 nitrogen and oxygen atoms in total. The number of carbonyl (C=O) groups is 1. The zero-order valence-electron chi connectivity index (χ0n) is 14.6. The van der Waals surface area contributed by atoms with Crippen molar-refractivity contribution >= 4 is 27.5 Å². The van der Waals surface area contributed by atoms with E-state index < -0.39 is 0 Å². The first kappa shape index (κ1) is 16.9. The smallest absolute Gasteiger partial charge is 0.257 e. The molecule has 3 heterocycles. The van der Waals surface area contributed by atoms with Crippen molar-refractivity contribution in [2.24, 2.45) is 0 Å². The molecule has 1 amide bonds. The molecule has 140 valence electrons. The van der Waals surface area contributed by atoms with Crippen LogP contribution >= 0.6 is 15.9 Å². The lowest BCUT2D eigenvalue weighted by Crippen LogP contribution is -2.46. The van der Waals surface area contributed by atoms with Crippen LogP contribution in [0, 0.1) is 0 Å². The fourth-order valence-corrected chi connectivity index (χ4v) is 4.47. The molecule has 2 atom stereocenters. The van der Waals surface area contributed by atoms with Gasteiger partial charge in [-0.05, 0) is 58.6 Å². The van der Waals surface area contributed by atoms with Crippen LogP contribution in [-0.2, 0) is 4.74 Å². The maximum atomic E-state index is 13.3. The molecule has 0 aliphatic carbocycles. The van der Waals surface area contributed by atoms with Crippen LogP contribution < -0.4 is 14.8 Å². The van der Waals surface area contributed by atoms with Gasteiger partial charge in [0.05, 0.1) is 16.1 Å². The highest BCUT2D eigenvalue weighted by molar-refractivity contribution is 9.10. The van der Waals surface area contributed by atoms with E-state index in [0.717, 1.165) is 35.2 Å². The summed E-state index contributed by atoms with van der Waals surface area (Å²) in [5.41, 5.74) is 2.46. The van der Waals surface area contributed by atoms with Gasteiger partial charge in [0.1, 0.15) is 6.17 Å². The number of anilines is 1. The molecular formula is C20H19BrN2O4. The molecule has 0 saturated carbocycles. The normalized spacial score (nSPS) is 23.3. The number of nitrogens with one attached hydrogen (secondary N) is 1. The van der Waals surface area contributed by atoms with Gasteiger partial charge in [-0.2, -0.15) is 0 Å². The number of hydrogen-bond donors (Lipinski definition) is 1. The van der Waals surface area contributed by atoms with Crippen molar-refractivity contribution < 1.29 is 19.0 Å². The lowest BCUT2D eigenvalue weighted by molar-refractivity contribution is 0.0426. The van der Waals surface area contributed by atoms with Gasteiger partial charge in [-0.1, -0.05) is 12.1 Å². The van der Waals surface area contributed by atoms with Crippen molar-refractivity contribution in [1.29, 1.82) is 0 Å². The minimum absolute atomic E-state index is 0.0126. The van der Waals surface area contributed by atoms with Crippen LogP contribution in [0.5, 0.6) is 11.5 Å². The lowest BCUT2D eigenvalue weighted by Gasteiger charge is -2.39. The summed E-state index contributed by atoms with van der Waals surface area (Å²) in [5.74, 6) is 1.40. The second kappa shape index (κ2) is 6.73. The highest BCUT2D eigenvalue weighted by Crippen LogP contribution is 2.43. The Hall–Kier alpha value is -2.25. The van der Waals surface area contributed by atoms with E-state index >= 15 is 0 Å². The first-order valence-corrected chi connectivity index (χ1v) is 9.87. The summed E-state index contributed by atoms with van der Waals surface area (Å²) < 4.78 is 17.7. The first-order valence-electron chi connectivity index (χ1n) is 9.08. The highest BCUT2D eigenvalue weighted by Gasteiger charge is 2.36. The Kier molecular flexibility index (Phi) is 4.21. The third-order valence-electron chi connectivity index (χ3n) is 5.21. The predicted molar refractivity (Wildman–Crippen MR) is 103 cm³/mol. The summed E-state index contributed by atoms with van der Waals surface area (Å²) in [4.78, 5) is 15.1. The number of rotatable bonds is 3. The molecule has 5 rings (SSSR count).